The summed E-state index contributed by atoms with van der Waals surface area (Å²) < 4.78 is 18.5. The highest BCUT2D eigenvalue weighted by Crippen LogP contribution is 2.19. The molecule has 4 nitrogen and oxygen atoms in total. The van der Waals surface area contributed by atoms with Gasteiger partial charge in [0, 0.05) is 17.4 Å². The highest BCUT2D eigenvalue weighted by Gasteiger charge is 2.16. The molecule has 0 heterocycles. The zero-order chi connectivity index (χ0) is 15.4. The molecular formula is C16H17FN2O2. The number of benzene rings is 2. The van der Waals surface area contributed by atoms with E-state index in [1.807, 2.05) is 13.0 Å². The lowest BCUT2D eigenvalue weighted by Crippen LogP contribution is -2.30. The molecule has 0 aliphatic carbocycles. The fourth-order valence-corrected chi connectivity index (χ4v) is 1.81. The maximum absolute atomic E-state index is 13.1. The lowest BCUT2D eigenvalue weighted by molar-refractivity contribution is -0.122. The summed E-state index contributed by atoms with van der Waals surface area (Å²) in [4.78, 5) is 12.1. The number of amides is 1. The van der Waals surface area contributed by atoms with Gasteiger partial charge in [0.1, 0.15) is 11.6 Å². The minimum atomic E-state index is -0.757. The van der Waals surface area contributed by atoms with Crippen LogP contribution in [0.1, 0.15) is 12.5 Å². The lowest BCUT2D eigenvalue weighted by atomic mass is 10.1. The Balaban J connectivity index is 2.04. The number of halogens is 1. The minimum absolute atomic E-state index is 0.307. The van der Waals surface area contributed by atoms with Gasteiger partial charge in [0.15, 0.2) is 6.10 Å². The Bertz CT molecular complexity index is 658. The predicted octanol–water partition coefficient (Wildman–Crippen LogP) is 3.12. The number of aryl methyl sites for hydroxylation is 1. The average Bonchev–Trinajstić information content (AvgIpc) is 2.43. The first-order chi connectivity index (χ1) is 9.95. The van der Waals surface area contributed by atoms with Crippen LogP contribution in [0.5, 0.6) is 5.75 Å². The van der Waals surface area contributed by atoms with Crippen molar-refractivity contribution < 1.29 is 13.9 Å². The Morgan fingerprint density at radius 2 is 2.05 bits per heavy atom. The van der Waals surface area contributed by atoms with Crippen molar-refractivity contribution in [1.29, 1.82) is 0 Å². The molecule has 21 heavy (non-hydrogen) atoms. The number of carbonyl (C=O) groups is 1. The van der Waals surface area contributed by atoms with Gasteiger partial charge in [-0.1, -0.05) is 12.1 Å². The summed E-state index contributed by atoms with van der Waals surface area (Å²) in [5.74, 6) is -0.429. The molecule has 0 saturated carbocycles. The summed E-state index contributed by atoms with van der Waals surface area (Å²) in [6.45, 7) is 3.47. The van der Waals surface area contributed by atoms with Crippen LogP contribution in [0.25, 0.3) is 0 Å². The Kier molecular flexibility index (Phi) is 4.42. The Labute approximate surface area is 122 Å². The van der Waals surface area contributed by atoms with E-state index in [4.69, 9.17) is 10.5 Å². The quantitative estimate of drug-likeness (QED) is 0.850. The van der Waals surface area contributed by atoms with E-state index in [2.05, 4.69) is 5.32 Å². The van der Waals surface area contributed by atoms with Crippen molar-refractivity contribution in [1.82, 2.24) is 0 Å². The van der Waals surface area contributed by atoms with E-state index < -0.39 is 11.9 Å². The first kappa shape index (κ1) is 14.8. The van der Waals surface area contributed by atoms with Crippen molar-refractivity contribution in [3.05, 3.63) is 53.8 Å². The van der Waals surface area contributed by atoms with E-state index in [1.54, 1.807) is 25.1 Å². The smallest absolute Gasteiger partial charge is 0.265 e. The zero-order valence-corrected chi connectivity index (χ0v) is 11.9. The molecule has 0 aromatic heterocycles. The van der Waals surface area contributed by atoms with Crippen molar-refractivity contribution >= 4 is 17.3 Å². The van der Waals surface area contributed by atoms with Crippen LogP contribution in [0.4, 0.5) is 15.8 Å². The third-order valence-electron chi connectivity index (χ3n) is 3.00. The molecule has 1 unspecified atom stereocenters. The molecule has 0 fully saturated rings. The van der Waals surface area contributed by atoms with E-state index in [0.29, 0.717) is 17.1 Å². The number of anilines is 2. The second kappa shape index (κ2) is 6.26. The molecule has 2 aromatic carbocycles. The summed E-state index contributed by atoms with van der Waals surface area (Å²) in [5, 5.41) is 2.75. The third-order valence-corrected chi connectivity index (χ3v) is 3.00. The second-order valence-electron chi connectivity index (χ2n) is 4.78. The average molecular weight is 288 g/mol. The monoisotopic (exact) mass is 288 g/mol. The maximum atomic E-state index is 13.1. The fourth-order valence-electron chi connectivity index (χ4n) is 1.81. The summed E-state index contributed by atoms with van der Waals surface area (Å²) in [5.41, 5.74) is 7.79. The highest BCUT2D eigenvalue weighted by atomic mass is 19.1. The van der Waals surface area contributed by atoms with Gasteiger partial charge in [-0.3, -0.25) is 4.79 Å². The van der Waals surface area contributed by atoms with E-state index in [-0.39, 0.29) is 5.91 Å². The summed E-state index contributed by atoms with van der Waals surface area (Å²) >= 11 is 0. The molecule has 0 spiro atoms. The molecular weight excluding hydrogens is 271 g/mol. The normalized spacial score (nSPS) is 11.8. The molecule has 2 aromatic rings. The van der Waals surface area contributed by atoms with Crippen LogP contribution >= 0.6 is 0 Å². The van der Waals surface area contributed by atoms with Crippen LogP contribution in [0, 0.1) is 12.7 Å². The van der Waals surface area contributed by atoms with Crippen LogP contribution in [-0.4, -0.2) is 12.0 Å². The van der Waals surface area contributed by atoms with E-state index in [0.717, 1.165) is 5.56 Å². The molecule has 0 bridgehead atoms. The van der Waals surface area contributed by atoms with Crippen LogP contribution in [0.3, 0.4) is 0 Å². The number of hydrogen-bond donors (Lipinski definition) is 2. The third kappa shape index (κ3) is 3.95. The molecule has 0 aliphatic rings. The van der Waals surface area contributed by atoms with Gasteiger partial charge in [-0.05, 0) is 43.7 Å². The van der Waals surface area contributed by atoms with E-state index in [9.17, 15) is 9.18 Å². The van der Waals surface area contributed by atoms with Crippen molar-refractivity contribution in [2.24, 2.45) is 0 Å². The fraction of sp³-hybridized carbons (Fsp3) is 0.188. The summed E-state index contributed by atoms with van der Waals surface area (Å²) in [6.07, 6.45) is -0.757. The Morgan fingerprint density at radius 1 is 1.29 bits per heavy atom. The first-order valence-electron chi connectivity index (χ1n) is 6.55. The number of nitrogens with one attached hydrogen (secondary N) is 1. The van der Waals surface area contributed by atoms with Gasteiger partial charge in [0.2, 0.25) is 0 Å². The number of ether oxygens (including phenoxy) is 1. The van der Waals surface area contributed by atoms with Gasteiger partial charge < -0.3 is 15.8 Å². The van der Waals surface area contributed by atoms with Gasteiger partial charge in [-0.15, -0.1) is 0 Å². The van der Waals surface area contributed by atoms with Crippen LogP contribution in [0.15, 0.2) is 42.5 Å². The predicted molar refractivity (Wildman–Crippen MR) is 80.7 cm³/mol. The molecule has 0 aliphatic heterocycles. The number of rotatable bonds is 4. The zero-order valence-electron chi connectivity index (χ0n) is 11.9. The highest BCUT2D eigenvalue weighted by molar-refractivity contribution is 5.95. The van der Waals surface area contributed by atoms with E-state index >= 15 is 0 Å². The number of nitrogens with two attached hydrogens (primary N) is 1. The van der Waals surface area contributed by atoms with Crippen molar-refractivity contribution in [3.8, 4) is 5.75 Å². The molecule has 2 rings (SSSR count). The number of nitrogen functional groups attached to an aromatic ring is 1. The second-order valence-corrected chi connectivity index (χ2v) is 4.78. The molecule has 3 N–H and O–H groups in total. The van der Waals surface area contributed by atoms with Crippen molar-refractivity contribution in [2.75, 3.05) is 11.1 Å². The SMILES string of the molecule is Cc1ccc(N)cc1NC(=O)C(C)Oc1cccc(F)c1. The van der Waals surface area contributed by atoms with Gasteiger partial charge >= 0.3 is 0 Å². The molecule has 0 saturated heterocycles. The summed E-state index contributed by atoms with van der Waals surface area (Å²) in [6, 6.07) is 10.9. The lowest BCUT2D eigenvalue weighted by Gasteiger charge is -2.16. The number of hydrogen-bond acceptors (Lipinski definition) is 3. The van der Waals surface area contributed by atoms with Crippen LogP contribution in [0.2, 0.25) is 0 Å². The van der Waals surface area contributed by atoms with Crippen molar-refractivity contribution in [2.45, 2.75) is 20.0 Å². The van der Waals surface area contributed by atoms with Gasteiger partial charge in [0.25, 0.3) is 5.91 Å². The standard InChI is InChI=1S/C16H17FN2O2/c1-10-6-7-13(18)9-15(10)19-16(20)11(2)21-14-5-3-4-12(17)8-14/h3-9,11H,18H2,1-2H3,(H,19,20). The molecule has 1 amide bonds. The van der Waals surface area contributed by atoms with Gasteiger partial charge in [-0.25, -0.2) is 4.39 Å². The number of carbonyl (C=O) groups excluding carboxylic acids is 1. The first-order valence-corrected chi connectivity index (χ1v) is 6.55. The summed E-state index contributed by atoms with van der Waals surface area (Å²) in [7, 11) is 0. The minimum Gasteiger partial charge on any atom is -0.481 e. The van der Waals surface area contributed by atoms with Crippen LogP contribution in [-0.2, 0) is 4.79 Å². The Hall–Kier alpha value is -2.56. The molecule has 5 heteroatoms. The molecule has 1 atom stereocenters. The van der Waals surface area contributed by atoms with Gasteiger partial charge in [-0.2, -0.15) is 0 Å². The van der Waals surface area contributed by atoms with E-state index in [1.165, 1.54) is 18.2 Å². The topological polar surface area (TPSA) is 64.3 Å². The molecule has 110 valence electrons. The Morgan fingerprint density at radius 3 is 2.76 bits per heavy atom. The maximum Gasteiger partial charge on any atom is 0.265 e. The largest absolute Gasteiger partial charge is 0.481 e. The van der Waals surface area contributed by atoms with Gasteiger partial charge in [0.05, 0.1) is 0 Å². The van der Waals surface area contributed by atoms with Crippen molar-refractivity contribution in [3.63, 3.8) is 0 Å². The van der Waals surface area contributed by atoms with Crippen LogP contribution < -0.4 is 15.8 Å². The molecule has 0 radical (unpaired) electrons.